The summed E-state index contributed by atoms with van der Waals surface area (Å²) in [6, 6.07) is 0. The molecule has 0 bridgehead atoms. The number of nitrogens with one attached hydrogen (secondary N) is 1. The van der Waals surface area contributed by atoms with E-state index in [2.05, 4.69) is 15.3 Å². The first kappa shape index (κ1) is 10.7. The number of rotatable bonds is 2. The second kappa shape index (κ2) is 4.81. The van der Waals surface area contributed by atoms with E-state index in [-0.39, 0.29) is 5.25 Å². The van der Waals surface area contributed by atoms with Crippen LogP contribution in [0.5, 0.6) is 0 Å². The minimum atomic E-state index is -1.02. The van der Waals surface area contributed by atoms with Gasteiger partial charge >= 0.3 is 0 Å². The summed E-state index contributed by atoms with van der Waals surface area (Å²) in [5.41, 5.74) is 0.779. The Morgan fingerprint density at radius 1 is 1.47 bits per heavy atom. The van der Waals surface area contributed by atoms with Gasteiger partial charge in [0, 0.05) is 18.9 Å². The maximum absolute atomic E-state index is 12.2. The van der Waals surface area contributed by atoms with Crippen LogP contribution in [-0.2, 0) is 10.8 Å². The molecule has 0 aliphatic carbocycles. The van der Waals surface area contributed by atoms with Crippen LogP contribution in [0, 0.1) is 6.92 Å². The molecule has 0 radical (unpaired) electrons. The van der Waals surface area contributed by atoms with Crippen molar-refractivity contribution in [3.05, 3.63) is 18.1 Å². The fraction of sp³-hybridized carbons (Fsp3) is 0.600. The van der Waals surface area contributed by atoms with Crippen molar-refractivity contribution in [3.63, 3.8) is 0 Å². The monoisotopic (exact) mass is 225 g/mol. The molecule has 2 atom stereocenters. The van der Waals surface area contributed by atoms with Gasteiger partial charge in [-0.3, -0.25) is 9.19 Å². The largest absolute Gasteiger partial charge is 0.316 e. The Hall–Kier alpha value is -0.810. The molecule has 82 valence electrons. The van der Waals surface area contributed by atoms with Gasteiger partial charge < -0.3 is 5.32 Å². The van der Waals surface area contributed by atoms with Crippen molar-refractivity contribution in [2.45, 2.75) is 30.0 Å². The molecule has 2 rings (SSSR count). The summed E-state index contributed by atoms with van der Waals surface area (Å²) in [6.45, 7) is 3.71. The highest BCUT2D eigenvalue weighted by molar-refractivity contribution is 7.85. The van der Waals surface area contributed by atoms with Crippen LogP contribution in [0.3, 0.4) is 0 Å². The minimum absolute atomic E-state index is 0.189. The van der Waals surface area contributed by atoms with Gasteiger partial charge in [-0.2, -0.15) is 0 Å². The van der Waals surface area contributed by atoms with E-state index in [0.717, 1.165) is 31.6 Å². The summed E-state index contributed by atoms with van der Waals surface area (Å²) in [5.74, 6) is 0. The molecule has 1 aliphatic rings. The SMILES string of the molecule is Cc1nccnc1[S@@](=O)[C@H]1CCCNC1. The fourth-order valence-electron chi connectivity index (χ4n) is 1.75. The molecule has 0 saturated carbocycles. The highest BCUT2D eigenvalue weighted by Gasteiger charge is 2.23. The maximum atomic E-state index is 12.2. The minimum Gasteiger partial charge on any atom is -0.316 e. The molecule has 0 spiro atoms. The third-order valence-electron chi connectivity index (χ3n) is 2.58. The lowest BCUT2D eigenvalue weighted by Crippen LogP contribution is -2.36. The third kappa shape index (κ3) is 2.41. The second-order valence-electron chi connectivity index (χ2n) is 3.71. The van der Waals surface area contributed by atoms with Gasteiger partial charge in [-0.1, -0.05) is 0 Å². The topological polar surface area (TPSA) is 54.9 Å². The van der Waals surface area contributed by atoms with Crippen LogP contribution in [0.15, 0.2) is 17.4 Å². The first-order valence-electron chi connectivity index (χ1n) is 5.18. The zero-order valence-corrected chi connectivity index (χ0v) is 9.59. The van der Waals surface area contributed by atoms with E-state index in [1.165, 1.54) is 0 Å². The van der Waals surface area contributed by atoms with Crippen LogP contribution in [0.25, 0.3) is 0 Å². The molecule has 1 N–H and O–H groups in total. The third-order valence-corrected chi connectivity index (χ3v) is 4.37. The Bertz CT molecular complexity index is 363. The van der Waals surface area contributed by atoms with E-state index in [9.17, 15) is 4.21 Å². The van der Waals surface area contributed by atoms with Crippen molar-refractivity contribution >= 4 is 10.8 Å². The van der Waals surface area contributed by atoms with Gasteiger partial charge in [0.2, 0.25) is 0 Å². The van der Waals surface area contributed by atoms with E-state index >= 15 is 0 Å². The molecule has 0 aromatic carbocycles. The zero-order chi connectivity index (χ0) is 10.7. The van der Waals surface area contributed by atoms with Crippen molar-refractivity contribution in [3.8, 4) is 0 Å². The summed E-state index contributed by atoms with van der Waals surface area (Å²) in [6.07, 6.45) is 5.34. The first-order chi connectivity index (χ1) is 7.29. The standard InChI is InChI=1S/C10H15N3OS/c1-8-10(13-6-5-12-8)15(14)9-3-2-4-11-7-9/h5-6,9,11H,2-4,7H2,1H3/t9-,15-/m0/s1. The summed E-state index contributed by atoms with van der Waals surface area (Å²) < 4.78 is 12.2. The molecule has 1 saturated heterocycles. The zero-order valence-electron chi connectivity index (χ0n) is 8.77. The van der Waals surface area contributed by atoms with E-state index in [0.29, 0.717) is 5.03 Å². The quantitative estimate of drug-likeness (QED) is 0.802. The second-order valence-corrected chi connectivity index (χ2v) is 5.36. The molecular formula is C10H15N3OS. The van der Waals surface area contributed by atoms with E-state index in [1.54, 1.807) is 12.4 Å². The molecule has 1 aromatic rings. The molecule has 1 aliphatic heterocycles. The molecule has 1 aromatic heterocycles. The van der Waals surface area contributed by atoms with Crippen molar-refractivity contribution in [2.24, 2.45) is 0 Å². The van der Waals surface area contributed by atoms with Crippen molar-refractivity contribution in [1.29, 1.82) is 0 Å². The number of nitrogens with zero attached hydrogens (tertiary/aromatic N) is 2. The molecule has 5 heteroatoms. The number of aromatic nitrogens is 2. The Morgan fingerprint density at radius 2 is 2.27 bits per heavy atom. The van der Waals surface area contributed by atoms with Crippen molar-refractivity contribution in [1.82, 2.24) is 15.3 Å². The van der Waals surface area contributed by atoms with Gasteiger partial charge in [0.25, 0.3) is 0 Å². The van der Waals surface area contributed by atoms with E-state index in [1.807, 2.05) is 6.92 Å². The first-order valence-corrected chi connectivity index (χ1v) is 6.39. The highest BCUT2D eigenvalue weighted by Crippen LogP contribution is 2.16. The number of piperidine rings is 1. The molecule has 4 nitrogen and oxygen atoms in total. The van der Waals surface area contributed by atoms with Gasteiger partial charge in [-0.05, 0) is 26.3 Å². The van der Waals surface area contributed by atoms with Crippen LogP contribution in [-0.4, -0.2) is 32.5 Å². The van der Waals surface area contributed by atoms with Crippen LogP contribution in [0.2, 0.25) is 0 Å². The number of aryl methyl sites for hydroxylation is 1. The lowest BCUT2D eigenvalue weighted by Gasteiger charge is -2.21. The lowest BCUT2D eigenvalue weighted by atomic mass is 10.2. The molecule has 0 unspecified atom stereocenters. The molecular weight excluding hydrogens is 210 g/mol. The fourth-order valence-corrected chi connectivity index (χ4v) is 3.23. The van der Waals surface area contributed by atoms with Gasteiger partial charge in [-0.15, -0.1) is 0 Å². The van der Waals surface area contributed by atoms with Gasteiger partial charge in [0.15, 0.2) is 0 Å². The van der Waals surface area contributed by atoms with Crippen LogP contribution >= 0.6 is 0 Å². The van der Waals surface area contributed by atoms with Gasteiger partial charge in [0.1, 0.15) is 5.03 Å². The Morgan fingerprint density at radius 3 is 2.93 bits per heavy atom. The number of hydrogen-bond acceptors (Lipinski definition) is 4. The van der Waals surface area contributed by atoms with Gasteiger partial charge in [-0.25, -0.2) is 4.98 Å². The predicted molar refractivity (Wildman–Crippen MR) is 59.1 cm³/mol. The maximum Gasteiger partial charge on any atom is 0.148 e. The molecule has 1 fully saturated rings. The van der Waals surface area contributed by atoms with Crippen LogP contribution < -0.4 is 5.32 Å². The smallest absolute Gasteiger partial charge is 0.148 e. The normalized spacial score (nSPS) is 23.7. The van der Waals surface area contributed by atoms with E-state index < -0.39 is 10.8 Å². The molecule has 2 heterocycles. The molecule has 15 heavy (non-hydrogen) atoms. The van der Waals surface area contributed by atoms with Crippen LogP contribution in [0.1, 0.15) is 18.5 Å². The summed E-state index contributed by atoms with van der Waals surface area (Å²) >= 11 is 0. The Balaban J connectivity index is 2.16. The Kier molecular flexibility index (Phi) is 3.43. The van der Waals surface area contributed by atoms with E-state index in [4.69, 9.17) is 0 Å². The van der Waals surface area contributed by atoms with Crippen molar-refractivity contribution in [2.75, 3.05) is 13.1 Å². The summed E-state index contributed by atoms with van der Waals surface area (Å²) in [4.78, 5) is 8.28. The van der Waals surface area contributed by atoms with Crippen molar-refractivity contribution < 1.29 is 4.21 Å². The average Bonchev–Trinajstić information content (AvgIpc) is 2.30. The van der Waals surface area contributed by atoms with Crippen LogP contribution in [0.4, 0.5) is 0 Å². The summed E-state index contributed by atoms with van der Waals surface area (Å²) in [7, 11) is -1.02. The highest BCUT2D eigenvalue weighted by atomic mass is 32.2. The summed E-state index contributed by atoms with van der Waals surface area (Å²) in [5, 5.41) is 4.10. The number of hydrogen-bond donors (Lipinski definition) is 1. The Labute approximate surface area is 92.0 Å². The molecule has 0 amide bonds. The lowest BCUT2D eigenvalue weighted by molar-refractivity contribution is 0.518. The average molecular weight is 225 g/mol. The van der Waals surface area contributed by atoms with Gasteiger partial charge in [0.05, 0.1) is 21.7 Å². The predicted octanol–water partition coefficient (Wildman–Crippen LogP) is 0.645.